The molecule has 4 rings (SSSR count). The number of aromatic nitrogens is 1. The lowest BCUT2D eigenvalue weighted by atomic mass is 10.2. The number of anilines is 2. The van der Waals surface area contributed by atoms with Gasteiger partial charge in [0.1, 0.15) is 23.9 Å². The molecule has 2 fully saturated rings. The van der Waals surface area contributed by atoms with Crippen LogP contribution in [0.3, 0.4) is 0 Å². The van der Waals surface area contributed by atoms with Gasteiger partial charge >= 0.3 is 0 Å². The molecule has 1 aromatic heterocycles. The summed E-state index contributed by atoms with van der Waals surface area (Å²) >= 11 is 0. The first-order chi connectivity index (χ1) is 13.7. The first-order valence-electron chi connectivity index (χ1n) is 9.75. The van der Waals surface area contributed by atoms with Gasteiger partial charge in [0.2, 0.25) is 0 Å². The Bertz CT molecular complexity index is 833. The predicted molar refractivity (Wildman–Crippen MR) is 105 cm³/mol. The molecule has 1 aromatic carbocycles. The molecule has 0 spiro atoms. The minimum Gasteiger partial charge on any atom is -0.489 e. The maximum atomic E-state index is 13.8. The molecule has 1 unspecified atom stereocenters. The molecular weight excluding hydrogens is 361 g/mol. The van der Waals surface area contributed by atoms with E-state index in [2.05, 4.69) is 15.2 Å². The number of ether oxygens (including phenoxy) is 2. The summed E-state index contributed by atoms with van der Waals surface area (Å²) in [4.78, 5) is 19.1. The zero-order valence-corrected chi connectivity index (χ0v) is 15.7. The topological polar surface area (TPSA) is 63.7 Å². The highest BCUT2D eigenvalue weighted by Crippen LogP contribution is 2.27. The molecule has 0 radical (unpaired) electrons. The summed E-state index contributed by atoms with van der Waals surface area (Å²) in [5.74, 6) is -0.423. The van der Waals surface area contributed by atoms with Crippen molar-refractivity contribution in [1.82, 2.24) is 4.98 Å². The van der Waals surface area contributed by atoms with Gasteiger partial charge in [-0.15, -0.1) is 0 Å². The number of pyridine rings is 1. The fourth-order valence-electron chi connectivity index (χ4n) is 3.59. The second-order valence-corrected chi connectivity index (χ2v) is 7.13. The van der Waals surface area contributed by atoms with Crippen molar-refractivity contribution in [2.24, 2.45) is 0 Å². The Labute approximate surface area is 163 Å². The molecule has 28 heavy (non-hydrogen) atoms. The summed E-state index contributed by atoms with van der Waals surface area (Å²) in [7, 11) is 0. The van der Waals surface area contributed by atoms with Gasteiger partial charge in [-0.2, -0.15) is 0 Å². The second-order valence-electron chi connectivity index (χ2n) is 7.13. The number of hydrogen-bond donors (Lipinski definition) is 1. The molecule has 2 aromatic rings. The summed E-state index contributed by atoms with van der Waals surface area (Å²) < 4.78 is 25.1. The zero-order valence-electron chi connectivity index (χ0n) is 15.7. The van der Waals surface area contributed by atoms with Crippen LogP contribution in [0.1, 0.15) is 36.2 Å². The van der Waals surface area contributed by atoms with E-state index in [4.69, 9.17) is 9.47 Å². The maximum absolute atomic E-state index is 13.8. The quantitative estimate of drug-likeness (QED) is 0.823. The fourth-order valence-corrected chi connectivity index (χ4v) is 3.59. The van der Waals surface area contributed by atoms with Crippen LogP contribution >= 0.6 is 0 Å². The number of hydrogen-bond acceptors (Lipinski definition) is 5. The highest BCUT2D eigenvalue weighted by Gasteiger charge is 2.19. The summed E-state index contributed by atoms with van der Waals surface area (Å²) in [6, 6.07) is 7.76. The Morgan fingerprint density at radius 2 is 2.11 bits per heavy atom. The minimum absolute atomic E-state index is 0.0346. The standard InChI is InChI=1S/C21H24FN3O3/c22-15-5-6-20(28-14-17-4-3-11-27-17)18(12-15)24-21(26)19-13-16(7-8-23-19)25-9-1-2-10-25/h5-8,12-13,17H,1-4,9-11,14H2,(H,24,26). The van der Waals surface area contributed by atoms with Crippen LogP contribution in [0.25, 0.3) is 0 Å². The van der Waals surface area contributed by atoms with E-state index >= 15 is 0 Å². The van der Waals surface area contributed by atoms with E-state index in [0.717, 1.165) is 51.1 Å². The number of nitrogens with one attached hydrogen (secondary N) is 1. The third-order valence-electron chi connectivity index (χ3n) is 5.09. The van der Waals surface area contributed by atoms with Gasteiger partial charge in [-0.1, -0.05) is 0 Å². The second kappa shape index (κ2) is 8.56. The average Bonchev–Trinajstić information content (AvgIpc) is 3.42. The van der Waals surface area contributed by atoms with Crippen LogP contribution in [0, 0.1) is 5.82 Å². The van der Waals surface area contributed by atoms with Crippen molar-refractivity contribution < 1.29 is 18.7 Å². The Hall–Kier alpha value is -2.67. The summed E-state index contributed by atoms with van der Waals surface area (Å²) in [5.41, 5.74) is 1.56. The van der Waals surface area contributed by atoms with E-state index in [1.54, 1.807) is 12.3 Å². The monoisotopic (exact) mass is 385 g/mol. The highest BCUT2D eigenvalue weighted by atomic mass is 19.1. The number of halogens is 1. The molecule has 2 aliphatic heterocycles. The third-order valence-corrected chi connectivity index (χ3v) is 5.09. The zero-order chi connectivity index (χ0) is 19.3. The SMILES string of the molecule is O=C(Nc1cc(F)ccc1OCC1CCCO1)c1cc(N2CCCC2)ccn1. The van der Waals surface area contributed by atoms with Gasteiger partial charge in [0.05, 0.1) is 11.8 Å². The van der Waals surface area contributed by atoms with E-state index in [9.17, 15) is 9.18 Å². The van der Waals surface area contributed by atoms with Crippen molar-refractivity contribution in [3.8, 4) is 5.75 Å². The van der Waals surface area contributed by atoms with Gasteiger partial charge in [0, 0.05) is 37.6 Å². The first-order valence-corrected chi connectivity index (χ1v) is 9.75. The molecule has 0 aliphatic carbocycles. The smallest absolute Gasteiger partial charge is 0.274 e. The molecule has 0 bridgehead atoms. The molecule has 2 saturated heterocycles. The maximum Gasteiger partial charge on any atom is 0.274 e. The minimum atomic E-state index is -0.446. The van der Waals surface area contributed by atoms with Crippen LogP contribution in [0.5, 0.6) is 5.75 Å². The van der Waals surface area contributed by atoms with Gasteiger partial charge < -0.3 is 19.7 Å². The van der Waals surface area contributed by atoms with Gasteiger partial charge in [0.25, 0.3) is 5.91 Å². The number of nitrogens with zero attached hydrogens (tertiary/aromatic N) is 2. The average molecular weight is 385 g/mol. The van der Waals surface area contributed by atoms with E-state index in [0.29, 0.717) is 18.1 Å². The summed E-state index contributed by atoms with van der Waals surface area (Å²) in [6.45, 7) is 3.07. The summed E-state index contributed by atoms with van der Waals surface area (Å²) in [5, 5.41) is 2.74. The van der Waals surface area contributed by atoms with Gasteiger partial charge in [-0.05, 0) is 49.9 Å². The number of carbonyl (C=O) groups excluding carboxylic acids is 1. The van der Waals surface area contributed by atoms with Crippen molar-refractivity contribution in [2.45, 2.75) is 31.8 Å². The molecule has 2 aliphatic rings. The molecule has 1 amide bonds. The van der Waals surface area contributed by atoms with Gasteiger partial charge in [-0.3, -0.25) is 9.78 Å². The molecule has 7 heteroatoms. The number of amides is 1. The summed E-state index contributed by atoms with van der Waals surface area (Å²) in [6.07, 6.45) is 5.92. The van der Waals surface area contributed by atoms with Crippen LogP contribution in [0.15, 0.2) is 36.5 Å². The Kier molecular flexibility index (Phi) is 5.71. The molecule has 0 saturated carbocycles. The molecule has 1 N–H and O–H groups in total. The van der Waals surface area contributed by atoms with E-state index < -0.39 is 11.7 Å². The van der Waals surface area contributed by atoms with E-state index in [-0.39, 0.29) is 11.8 Å². The largest absolute Gasteiger partial charge is 0.489 e. The van der Waals surface area contributed by atoms with Crippen LogP contribution in [-0.4, -0.2) is 43.3 Å². The van der Waals surface area contributed by atoms with Crippen molar-refractivity contribution in [1.29, 1.82) is 0 Å². The van der Waals surface area contributed by atoms with Crippen LogP contribution in [0.4, 0.5) is 15.8 Å². The van der Waals surface area contributed by atoms with Gasteiger partial charge in [0.15, 0.2) is 0 Å². The van der Waals surface area contributed by atoms with Crippen LogP contribution < -0.4 is 15.0 Å². The Balaban J connectivity index is 1.47. The normalized spacial score (nSPS) is 19.0. The Morgan fingerprint density at radius 3 is 2.89 bits per heavy atom. The molecule has 3 heterocycles. The first kappa shape index (κ1) is 18.7. The van der Waals surface area contributed by atoms with E-state index in [1.165, 1.54) is 18.2 Å². The van der Waals surface area contributed by atoms with Crippen molar-refractivity contribution in [3.05, 3.63) is 48.0 Å². The molecule has 6 nitrogen and oxygen atoms in total. The van der Waals surface area contributed by atoms with E-state index in [1.807, 2.05) is 6.07 Å². The fraction of sp³-hybridized carbons (Fsp3) is 0.429. The lowest BCUT2D eigenvalue weighted by molar-refractivity contribution is 0.0681. The van der Waals surface area contributed by atoms with Crippen LogP contribution in [0.2, 0.25) is 0 Å². The number of rotatable bonds is 6. The number of carbonyl (C=O) groups is 1. The molecule has 1 atom stereocenters. The lowest BCUT2D eigenvalue weighted by Gasteiger charge is -2.18. The Morgan fingerprint density at radius 1 is 1.25 bits per heavy atom. The van der Waals surface area contributed by atoms with Crippen LogP contribution in [-0.2, 0) is 4.74 Å². The van der Waals surface area contributed by atoms with Crippen molar-refractivity contribution in [3.63, 3.8) is 0 Å². The molecular formula is C21H24FN3O3. The third kappa shape index (κ3) is 4.42. The van der Waals surface area contributed by atoms with Crippen molar-refractivity contribution in [2.75, 3.05) is 36.5 Å². The van der Waals surface area contributed by atoms with Gasteiger partial charge in [-0.25, -0.2) is 4.39 Å². The predicted octanol–water partition coefficient (Wildman–Crippen LogP) is 3.63. The van der Waals surface area contributed by atoms with Crippen molar-refractivity contribution >= 4 is 17.3 Å². The lowest BCUT2D eigenvalue weighted by Crippen LogP contribution is -2.20. The number of benzene rings is 1. The highest BCUT2D eigenvalue weighted by molar-refractivity contribution is 6.04. The molecule has 148 valence electrons.